The molecular formula is C18H22O2S2. The van der Waals surface area contributed by atoms with Gasteiger partial charge in [-0.1, -0.05) is 47.6 Å². The highest BCUT2D eigenvalue weighted by atomic mass is 33.1. The van der Waals surface area contributed by atoms with E-state index in [-0.39, 0.29) is 0 Å². The van der Waals surface area contributed by atoms with Crippen LogP contribution in [0.2, 0.25) is 0 Å². The highest BCUT2D eigenvalue weighted by molar-refractivity contribution is 8.76. The zero-order chi connectivity index (χ0) is 15.6. The lowest BCUT2D eigenvalue weighted by Crippen LogP contribution is -1.94. The van der Waals surface area contributed by atoms with Crippen LogP contribution in [-0.4, -0.2) is 13.2 Å². The fraction of sp³-hybridized carbons (Fsp3) is 0.333. The Labute approximate surface area is 141 Å². The third-order valence-corrected chi connectivity index (χ3v) is 5.17. The summed E-state index contributed by atoms with van der Waals surface area (Å²) in [6, 6.07) is 16.5. The van der Waals surface area contributed by atoms with Gasteiger partial charge in [0, 0.05) is 9.79 Å². The lowest BCUT2D eigenvalue weighted by Gasteiger charge is -2.08. The molecule has 0 heterocycles. The van der Waals surface area contributed by atoms with Gasteiger partial charge in [-0.3, -0.25) is 0 Å². The SMILES string of the molecule is CCCOc1cccc(SSc2cccc(OCCC)c2)c1. The van der Waals surface area contributed by atoms with Gasteiger partial charge in [-0.05, 0) is 49.2 Å². The van der Waals surface area contributed by atoms with E-state index in [2.05, 4.69) is 38.1 Å². The molecule has 2 nitrogen and oxygen atoms in total. The fourth-order valence-corrected chi connectivity index (χ4v) is 3.76. The van der Waals surface area contributed by atoms with E-state index in [1.807, 2.05) is 24.3 Å². The van der Waals surface area contributed by atoms with E-state index < -0.39 is 0 Å². The number of hydrogen-bond donors (Lipinski definition) is 0. The average Bonchev–Trinajstić information content (AvgIpc) is 2.57. The molecule has 0 aromatic heterocycles. The summed E-state index contributed by atoms with van der Waals surface area (Å²) < 4.78 is 11.3. The fourth-order valence-electron chi connectivity index (χ4n) is 1.77. The first-order chi connectivity index (χ1) is 10.8. The molecule has 0 atom stereocenters. The molecule has 0 aliphatic rings. The van der Waals surface area contributed by atoms with Gasteiger partial charge in [-0.25, -0.2) is 0 Å². The third-order valence-electron chi connectivity index (χ3n) is 2.79. The van der Waals surface area contributed by atoms with Gasteiger partial charge in [0.1, 0.15) is 11.5 Å². The second-order valence-electron chi connectivity index (χ2n) is 4.81. The standard InChI is InChI=1S/C18H22O2S2/c1-3-11-19-15-7-5-9-17(13-15)21-22-18-10-6-8-16(14-18)20-12-4-2/h5-10,13-14H,3-4,11-12H2,1-2H3. The van der Waals surface area contributed by atoms with Crippen LogP contribution in [0.3, 0.4) is 0 Å². The average molecular weight is 335 g/mol. The molecule has 22 heavy (non-hydrogen) atoms. The molecule has 0 radical (unpaired) electrons. The second-order valence-corrected chi connectivity index (χ2v) is 7.09. The van der Waals surface area contributed by atoms with Crippen molar-refractivity contribution in [2.45, 2.75) is 36.5 Å². The van der Waals surface area contributed by atoms with Crippen molar-refractivity contribution in [1.29, 1.82) is 0 Å². The van der Waals surface area contributed by atoms with Crippen molar-refractivity contribution < 1.29 is 9.47 Å². The molecular weight excluding hydrogens is 312 g/mol. The molecule has 0 aliphatic heterocycles. The maximum absolute atomic E-state index is 5.67. The Morgan fingerprint density at radius 2 is 1.18 bits per heavy atom. The Balaban J connectivity index is 1.92. The van der Waals surface area contributed by atoms with Gasteiger partial charge in [-0.15, -0.1) is 0 Å². The Hall–Kier alpha value is -1.26. The summed E-state index contributed by atoms with van der Waals surface area (Å²) in [6.45, 7) is 5.75. The van der Waals surface area contributed by atoms with Crippen LogP contribution in [0.4, 0.5) is 0 Å². The summed E-state index contributed by atoms with van der Waals surface area (Å²) >= 11 is 0. The topological polar surface area (TPSA) is 18.5 Å². The number of hydrogen-bond acceptors (Lipinski definition) is 4. The molecule has 0 fully saturated rings. The normalized spacial score (nSPS) is 10.5. The van der Waals surface area contributed by atoms with Crippen molar-refractivity contribution in [3.05, 3.63) is 48.5 Å². The summed E-state index contributed by atoms with van der Waals surface area (Å²) in [5, 5.41) is 0. The van der Waals surface area contributed by atoms with Crippen LogP contribution in [0.15, 0.2) is 58.3 Å². The van der Waals surface area contributed by atoms with Gasteiger partial charge < -0.3 is 9.47 Å². The smallest absolute Gasteiger partial charge is 0.120 e. The van der Waals surface area contributed by atoms with E-state index in [4.69, 9.17) is 9.47 Å². The van der Waals surface area contributed by atoms with Crippen LogP contribution in [0, 0.1) is 0 Å². The van der Waals surface area contributed by atoms with Crippen molar-refractivity contribution in [3.8, 4) is 11.5 Å². The summed E-state index contributed by atoms with van der Waals surface area (Å²) in [5.74, 6) is 1.87. The summed E-state index contributed by atoms with van der Waals surface area (Å²) in [6.07, 6.45) is 2.05. The van der Waals surface area contributed by atoms with Gasteiger partial charge in [0.25, 0.3) is 0 Å². The van der Waals surface area contributed by atoms with Crippen LogP contribution in [0.1, 0.15) is 26.7 Å². The van der Waals surface area contributed by atoms with Crippen LogP contribution < -0.4 is 9.47 Å². The summed E-state index contributed by atoms with van der Waals surface area (Å²) in [7, 11) is 3.47. The molecule has 0 saturated carbocycles. The predicted octanol–water partition coefficient (Wildman–Crippen LogP) is 6.06. The Morgan fingerprint density at radius 3 is 1.59 bits per heavy atom. The quantitative estimate of drug-likeness (QED) is 0.518. The zero-order valence-corrected chi connectivity index (χ0v) is 14.7. The molecule has 2 aromatic carbocycles. The van der Waals surface area contributed by atoms with E-state index >= 15 is 0 Å². The summed E-state index contributed by atoms with van der Waals surface area (Å²) in [4.78, 5) is 2.39. The molecule has 0 amide bonds. The molecule has 2 rings (SSSR count). The molecule has 0 aliphatic carbocycles. The van der Waals surface area contributed by atoms with Crippen LogP contribution in [0.25, 0.3) is 0 Å². The van der Waals surface area contributed by atoms with Crippen molar-refractivity contribution in [3.63, 3.8) is 0 Å². The molecule has 0 saturated heterocycles. The molecule has 2 aromatic rings. The van der Waals surface area contributed by atoms with E-state index in [1.165, 1.54) is 9.79 Å². The summed E-state index contributed by atoms with van der Waals surface area (Å²) in [5.41, 5.74) is 0. The minimum absolute atomic E-state index is 0.762. The maximum Gasteiger partial charge on any atom is 0.120 e. The Kier molecular flexibility index (Phi) is 7.54. The van der Waals surface area contributed by atoms with E-state index in [9.17, 15) is 0 Å². The molecule has 4 heteroatoms. The highest BCUT2D eigenvalue weighted by Gasteiger charge is 2.02. The van der Waals surface area contributed by atoms with Crippen LogP contribution in [-0.2, 0) is 0 Å². The largest absolute Gasteiger partial charge is 0.494 e. The number of ether oxygens (including phenoxy) is 2. The monoisotopic (exact) mass is 334 g/mol. The zero-order valence-electron chi connectivity index (χ0n) is 13.1. The van der Waals surface area contributed by atoms with Crippen molar-refractivity contribution in [2.24, 2.45) is 0 Å². The van der Waals surface area contributed by atoms with Gasteiger partial charge in [-0.2, -0.15) is 0 Å². The lowest BCUT2D eigenvalue weighted by atomic mass is 10.3. The minimum atomic E-state index is 0.762. The maximum atomic E-state index is 5.67. The first-order valence-electron chi connectivity index (χ1n) is 7.62. The second kappa shape index (κ2) is 9.70. The number of rotatable bonds is 9. The molecule has 0 N–H and O–H groups in total. The van der Waals surface area contributed by atoms with Gasteiger partial charge >= 0.3 is 0 Å². The van der Waals surface area contributed by atoms with Crippen molar-refractivity contribution in [2.75, 3.05) is 13.2 Å². The first kappa shape index (κ1) is 17.1. The Bertz CT molecular complexity index is 521. The van der Waals surface area contributed by atoms with Crippen molar-refractivity contribution >= 4 is 21.6 Å². The highest BCUT2D eigenvalue weighted by Crippen LogP contribution is 2.39. The van der Waals surface area contributed by atoms with Crippen LogP contribution in [0.5, 0.6) is 11.5 Å². The molecule has 118 valence electrons. The minimum Gasteiger partial charge on any atom is -0.494 e. The van der Waals surface area contributed by atoms with Crippen molar-refractivity contribution in [1.82, 2.24) is 0 Å². The van der Waals surface area contributed by atoms with Gasteiger partial charge in [0.15, 0.2) is 0 Å². The Morgan fingerprint density at radius 1 is 0.727 bits per heavy atom. The molecule has 0 unspecified atom stereocenters. The number of benzene rings is 2. The molecule has 0 spiro atoms. The third kappa shape index (κ3) is 5.85. The lowest BCUT2D eigenvalue weighted by molar-refractivity contribution is 0.316. The van der Waals surface area contributed by atoms with Gasteiger partial charge in [0.2, 0.25) is 0 Å². The van der Waals surface area contributed by atoms with E-state index in [0.29, 0.717) is 0 Å². The van der Waals surface area contributed by atoms with Gasteiger partial charge in [0.05, 0.1) is 13.2 Å². The predicted molar refractivity (Wildman–Crippen MR) is 96.2 cm³/mol. The van der Waals surface area contributed by atoms with Crippen LogP contribution >= 0.6 is 21.6 Å². The molecule has 0 bridgehead atoms. The van der Waals surface area contributed by atoms with E-state index in [0.717, 1.165) is 37.6 Å². The van der Waals surface area contributed by atoms with E-state index in [1.54, 1.807) is 21.6 Å². The first-order valence-corrected chi connectivity index (χ1v) is 9.77.